The standard InChI is InChI=1S/C21H25N2O5PS/c24-20(25)14-23-18-11-4-5-12-19(18)30-15-17(21(23)26)22-29(27,28)13-7-6-10-16-8-2-1-3-9-16/h1-5,8-9,11-12,17H,6-7,10,13-15H2,(H,24,25)(H2,22,27,28). The van der Waals surface area contributed by atoms with E-state index in [1.165, 1.54) is 22.2 Å². The molecule has 0 saturated carbocycles. The molecule has 1 aliphatic heterocycles. The van der Waals surface area contributed by atoms with E-state index < -0.39 is 32.0 Å². The van der Waals surface area contributed by atoms with Gasteiger partial charge in [0.15, 0.2) is 0 Å². The van der Waals surface area contributed by atoms with Crippen LogP contribution in [0.25, 0.3) is 0 Å². The quantitative estimate of drug-likeness (QED) is 0.399. The molecule has 2 aromatic carbocycles. The molecular formula is C21H25N2O5PS. The smallest absolute Gasteiger partial charge is 0.323 e. The van der Waals surface area contributed by atoms with E-state index in [-0.39, 0.29) is 11.9 Å². The maximum atomic E-state index is 13.0. The molecule has 1 amide bonds. The van der Waals surface area contributed by atoms with Crippen molar-refractivity contribution in [3.63, 3.8) is 0 Å². The van der Waals surface area contributed by atoms with Crippen LogP contribution in [-0.4, -0.2) is 46.4 Å². The topological polar surface area (TPSA) is 107 Å². The van der Waals surface area contributed by atoms with Gasteiger partial charge in [-0.15, -0.1) is 11.8 Å². The van der Waals surface area contributed by atoms with Crippen LogP contribution in [0, 0.1) is 0 Å². The molecule has 2 atom stereocenters. The lowest BCUT2D eigenvalue weighted by molar-refractivity contribution is -0.136. The largest absolute Gasteiger partial charge is 0.480 e. The number of unbranched alkanes of at least 4 members (excludes halogenated alkanes) is 1. The number of carbonyl (C=O) groups excluding carboxylic acids is 1. The van der Waals surface area contributed by atoms with E-state index in [1.54, 1.807) is 12.1 Å². The maximum absolute atomic E-state index is 13.0. The molecule has 160 valence electrons. The van der Waals surface area contributed by atoms with Gasteiger partial charge in [0, 0.05) is 16.8 Å². The summed E-state index contributed by atoms with van der Waals surface area (Å²) < 4.78 is 12.7. The summed E-state index contributed by atoms with van der Waals surface area (Å²) in [5.74, 6) is -1.40. The summed E-state index contributed by atoms with van der Waals surface area (Å²) in [6.45, 7) is -0.499. The van der Waals surface area contributed by atoms with Crippen molar-refractivity contribution < 1.29 is 24.2 Å². The van der Waals surface area contributed by atoms with Crippen molar-refractivity contribution in [2.75, 3.05) is 23.4 Å². The summed E-state index contributed by atoms with van der Waals surface area (Å²) in [5, 5.41) is 11.9. The summed E-state index contributed by atoms with van der Waals surface area (Å²) in [5.41, 5.74) is 1.69. The van der Waals surface area contributed by atoms with E-state index in [4.69, 9.17) is 0 Å². The molecule has 0 saturated heterocycles. The average molecular weight is 448 g/mol. The number of fused-ring (bicyclic) bond motifs is 1. The molecule has 0 spiro atoms. The van der Waals surface area contributed by atoms with Crippen molar-refractivity contribution in [2.45, 2.75) is 30.2 Å². The third-order valence-electron chi connectivity index (χ3n) is 4.80. The lowest BCUT2D eigenvalue weighted by atomic mass is 10.1. The number of anilines is 1. The van der Waals surface area contributed by atoms with Gasteiger partial charge < -0.3 is 10.00 Å². The van der Waals surface area contributed by atoms with Gasteiger partial charge in [0.05, 0.1) is 5.69 Å². The molecule has 0 aromatic heterocycles. The van der Waals surface area contributed by atoms with Gasteiger partial charge >= 0.3 is 5.97 Å². The fourth-order valence-corrected chi connectivity index (χ4v) is 6.02. The van der Waals surface area contributed by atoms with Gasteiger partial charge in [-0.05, 0) is 37.0 Å². The SMILES string of the molecule is O=C(O)CN1C(=O)C(NP(=O)(O)CCCCc2ccccc2)CSc2ccccc21. The van der Waals surface area contributed by atoms with Crippen LogP contribution in [-0.2, 0) is 20.6 Å². The molecule has 3 N–H and O–H groups in total. The van der Waals surface area contributed by atoms with Gasteiger partial charge in [0.25, 0.3) is 7.52 Å². The Bertz CT molecular complexity index is 940. The molecule has 1 aliphatic rings. The number of rotatable bonds is 9. The van der Waals surface area contributed by atoms with Crippen LogP contribution in [0.5, 0.6) is 0 Å². The molecule has 0 radical (unpaired) electrons. The van der Waals surface area contributed by atoms with Crippen LogP contribution < -0.4 is 9.99 Å². The Kier molecular flexibility index (Phi) is 7.72. The summed E-state index contributed by atoms with van der Waals surface area (Å²) in [6, 6.07) is 16.0. The number of aryl methyl sites for hydroxylation is 1. The van der Waals surface area contributed by atoms with E-state index in [0.29, 0.717) is 12.1 Å². The van der Waals surface area contributed by atoms with Gasteiger partial charge in [-0.25, -0.2) is 5.09 Å². The third kappa shape index (κ3) is 6.19. The van der Waals surface area contributed by atoms with E-state index in [9.17, 15) is 24.2 Å². The monoisotopic (exact) mass is 448 g/mol. The van der Waals surface area contributed by atoms with E-state index >= 15 is 0 Å². The van der Waals surface area contributed by atoms with Crippen molar-refractivity contribution in [1.82, 2.24) is 5.09 Å². The first-order valence-corrected chi connectivity index (χ1v) is 12.6. The van der Waals surface area contributed by atoms with E-state index in [2.05, 4.69) is 5.09 Å². The fraction of sp³-hybridized carbons (Fsp3) is 0.333. The van der Waals surface area contributed by atoms with E-state index in [0.717, 1.165) is 17.7 Å². The minimum absolute atomic E-state index is 0.0557. The highest BCUT2D eigenvalue weighted by Gasteiger charge is 2.35. The highest BCUT2D eigenvalue weighted by atomic mass is 32.2. The lowest BCUT2D eigenvalue weighted by Crippen LogP contribution is -2.48. The molecule has 0 bridgehead atoms. The summed E-state index contributed by atoms with van der Waals surface area (Å²) in [7, 11) is -3.75. The maximum Gasteiger partial charge on any atom is 0.323 e. The first-order valence-electron chi connectivity index (χ1n) is 9.74. The molecule has 30 heavy (non-hydrogen) atoms. The number of para-hydroxylation sites is 1. The number of carbonyl (C=O) groups is 2. The second kappa shape index (κ2) is 10.3. The lowest BCUT2D eigenvalue weighted by Gasteiger charge is -2.25. The molecular weight excluding hydrogens is 423 g/mol. The van der Waals surface area contributed by atoms with Gasteiger partial charge in [-0.2, -0.15) is 0 Å². The van der Waals surface area contributed by atoms with Crippen molar-refractivity contribution in [3.05, 3.63) is 60.2 Å². The number of amides is 1. The van der Waals surface area contributed by atoms with Crippen LogP contribution >= 0.6 is 19.3 Å². The van der Waals surface area contributed by atoms with Crippen molar-refractivity contribution in [1.29, 1.82) is 0 Å². The number of nitrogens with zero attached hydrogens (tertiary/aromatic N) is 1. The van der Waals surface area contributed by atoms with Crippen molar-refractivity contribution in [3.8, 4) is 0 Å². The number of aliphatic carboxylic acids is 1. The Balaban J connectivity index is 1.62. The van der Waals surface area contributed by atoms with Gasteiger partial charge in [0.1, 0.15) is 12.6 Å². The Morgan fingerprint density at radius 1 is 1.13 bits per heavy atom. The second-order valence-corrected chi connectivity index (χ2v) is 10.3. The van der Waals surface area contributed by atoms with Crippen LogP contribution in [0.15, 0.2) is 59.5 Å². The first kappa shape index (κ1) is 22.6. The Hall–Kier alpha value is -2.12. The normalized spacial score (nSPS) is 18.4. The number of thioether (sulfide) groups is 1. The zero-order valence-electron chi connectivity index (χ0n) is 16.4. The summed E-state index contributed by atoms with van der Waals surface area (Å²) >= 11 is 1.37. The second-order valence-electron chi connectivity index (χ2n) is 7.15. The van der Waals surface area contributed by atoms with Gasteiger partial charge in [0.2, 0.25) is 5.91 Å². The molecule has 7 nitrogen and oxygen atoms in total. The highest BCUT2D eigenvalue weighted by Crippen LogP contribution is 2.40. The van der Waals surface area contributed by atoms with Crippen molar-refractivity contribution >= 4 is 36.8 Å². The van der Waals surface area contributed by atoms with Gasteiger partial charge in [-0.1, -0.05) is 42.5 Å². The Morgan fingerprint density at radius 2 is 1.83 bits per heavy atom. The van der Waals surface area contributed by atoms with E-state index in [1.807, 2.05) is 42.5 Å². The number of benzene rings is 2. The number of hydrogen-bond donors (Lipinski definition) is 3. The van der Waals surface area contributed by atoms with Crippen LogP contribution in [0.2, 0.25) is 0 Å². The minimum atomic E-state index is -3.75. The summed E-state index contributed by atoms with van der Waals surface area (Å²) in [6.07, 6.45) is 2.18. The third-order valence-corrected chi connectivity index (χ3v) is 7.59. The minimum Gasteiger partial charge on any atom is -0.480 e. The zero-order chi connectivity index (χ0) is 21.6. The van der Waals surface area contributed by atoms with Crippen LogP contribution in [0.3, 0.4) is 0 Å². The zero-order valence-corrected chi connectivity index (χ0v) is 18.1. The number of hydrogen-bond acceptors (Lipinski definition) is 4. The Morgan fingerprint density at radius 3 is 2.57 bits per heavy atom. The molecule has 9 heteroatoms. The fourth-order valence-electron chi connectivity index (χ4n) is 3.35. The molecule has 2 unspecified atom stereocenters. The molecule has 0 aliphatic carbocycles. The number of carboxylic acid groups (broad SMARTS) is 1. The predicted molar refractivity (Wildman–Crippen MR) is 118 cm³/mol. The predicted octanol–water partition coefficient (Wildman–Crippen LogP) is 3.38. The summed E-state index contributed by atoms with van der Waals surface area (Å²) in [4.78, 5) is 36.6. The molecule has 3 rings (SSSR count). The van der Waals surface area contributed by atoms with Crippen LogP contribution in [0.4, 0.5) is 5.69 Å². The van der Waals surface area contributed by atoms with Crippen LogP contribution in [0.1, 0.15) is 18.4 Å². The van der Waals surface area contributed by atoms with Gasteiger partial charge in [-0.3, -0.25) is 19.1 Å². The number of nitrogens with one attached hydrogen (secondary N) is 1. The molecule has 1 heterocycles. The first-order chi connectivity index (χ1) is 14.4. The highest BCUT2D eigenvalue weighted by molar-refractivity contribution is 7.99. The molecule has 0 fully saturated rings. The Labute approximate surface area is 180 Å². The molecule has 2 aromatic rings. The number of carboxylic acids is 1. The average Bonchev–Trinajstić information content (AvgIpc) is 2.84. The van der Waals surface area contributed by atoms with Crippen molar-refractivity contribution in [2.24, 2.45) is 0 Å².